The number of carbonyl (C=O) groups is 10. The number of nitrogens with one attached hydrogen (secondary N) is 7. The third-order valence-electron chi connectivity index (χ3n) is 13.1. The monoisotopic (exact) mass is 1120 g/mol. The van der Waals surface area contributed by atoms with Crippen molar-refractivity contribution in [1.82, 2.24) is 37.2 Å². The summed E-state index contributed by atoms with van der Waals surface area (Å²) in [7, 11) is 0. The molecule has 0 heterocycles. The SMILES string of the molecule is NCCCC[C@H](NC(=O)[C@H](Cc1ccccc1)NC(=O)[C@H](CCC(=O)O)NC(=O)[C@H](Cc1ccccc1)NC(=O)[C@H](CCCCN)NC(=O)[C@@H](N)Cc1ccccc1)C(=O)N[C@@H](Cc1ccccc1)C(=O)N[C@@H](CCC(=O)O)C(=O)O. The Balaban J connectivity index is 1.64. The number of aliphatic carboxylic acids is 3. The first kappa shape index (κ1) is 65.0. The molecule has 0 radical (unpaired) electrons. The summed E-state index contributed by atoms with van der Waals surface area (Å²) in [6, 6.07) is 23.4. The molecule has 7 amide bonds. The molecule has 8 atom stereocenters. The van der Waals surface area contributed by atoms with Gasteiger partial charge in [-0.15, -0.1) is 0 Å². The normalized spacial score (nSPS) is 13.9. The zero-order chi connectivity index (χ0) is 59.1. The number of rotatable bonds is 37. The number of benzene rings is 4. The van der Waals surface area contributed by atoms with Gasteiger partial charge in [0.25, 0.3) is 0 Å². The maximum Gasteiger partial charge on any atom is 0.326 e. The topological polar surface area (TPSA) is 394 Å². The van der Waals surface area contributed by atoms with Crippen LogP contribution in [0.5, 0.6) is 0 Å². The van der Waals surface area contributed by atoms with Crippen LogP contribution in [0.1, 0.15) is 86.5 Å². The predicted molar refractivity (Wildman–Crippen MR) is 299 cm³/mol. The van der Waals surface area contributed by atoms with Crippen LogP contribution in [0.25, 0.3) is 0 Å². The maximum atomic E-state index is 14.6. The Morgan fingerprint density at radius 3 is 0.901 bits per heavy atom. The highest BCUT2D eigenvalue weighted by Crippen LogP contribution is 2.13. The molecule has 23 nitrogen and oxygen atoms in total. The Kier molecular flexibility index (Phi) is 28.2. The molecule has 4 aromatic rings. The molecule has 0 aromatic heterocycles. The van der Waals surface area contributed by atoms with Crippen LogP contribution < -0.4 is 54.4 Å². The first-order valence-electron chi connectivity index (χ1n) is 27.0. The Morgan fingerprint density at radius 1 is 0.333 bits per heavy atom. The predicted octanol–water partition coefficient (Wildman–Crippen LogP) is 0.750. The second-order valence-electron chi connectivity index (χ2n) is 19.6. The van der Waals surface area contributed by atoms with Crippen molar-refractivity contribution in [3.8, 4) is 0 Å². The summed E-state index contributed by atoms with van der Waals surface area (Å²) in [5.74, 6) is -10.1. The van der Waals surface area contributed by atoms with Crippen LogP contribution in [0.2, 0.25) is 0 Å². The van der Waals surface area contributed by atoms with Gasteiger partial charge in [0.2, 0.25) is 41.4 Å². The fourth-order valence-corrected chi connectivity index (χ4v) is 8.64. The Labute approximate surface area is 470 Å². The van der Waals surface area contributed by atoms with Gasteiger partial charge in [0, 0.05) is 32.1 Å². The zero-order valence-corrected chi connectivity index (χ0v) is 45.1. The van der Waals surface area contributed by atoms with Crippen molar-refractivity contribution < 1.29 is 63.3 Å². The molecule has 0 aliphatic carbocycles. The van der Waals surface area contributed by atoms with Crippen LogP contribution in [-0.2, 0) is 73.6 Å². The van der Waals surface area contributed by atoms with Gasteiger partial charge in [0.05, 0.1) is 6.04 Å². The molecule has 436 valence electrons. The molecule has 0 aliphatic heterocycles. The summed E-state index contributed by atoms with van der Waals surface area (Å²) in [5, 5.41) is 47.2. The molecule has 16 N–H and O–H groups in total. The zero-order valence-electron chi connectivity index (χ0n) is 45.1. The van der Waals surface area contributed by atoms with Crippen LogP contribution in [0.4, 0.5) is 0 Å². The lowest BCUT2D eigenvalue weighted by molar-refractivity contribution is -0.143. The van der Waals surface area contributed by atoms with E-state index in [4.69, 9.17) is 17.2 Å². The standard InChI is InChI=1S/C58H76N10O13/c59-31-15-13-25-42(62-51(73)41(61)33-37-17-5-1-6-18-37)52(74)66-47(35-39-21-9-3-10-22-39)56(78)64-44(27-29-49(69)70)54(76)68-46(34-38-19-7-2-8-20-38)55(77)63-43(26-14-16-32-60)53(75)67-48(36-40-23-11-4-12-24-40)57(79)65-45(58(80)81)28-30-50(71)72/h1-12,17-24,41-48H,13-16,25-36,59-61H2,(H,62,73)(H,63,77)(H,64,78)(H,65,79)(H,66,74)(H,67,75)(H,68,76)(H,69,70)(H,71,72)(H,80,81)/t41-,42-,43-,44-,45-,46-,47-,48-/m0/s1. The van der Waals surface area contributed by atoms with Crippen molar-refractivity contribution >= 4 is 59.3 Å². The van der Waals surface area contributed by atoms with E-state index in [1.54, 1.807) is 103 Å². The second kappa shape index (κ2) is 35.2. The summed E-state index contributed by atoms with van der Waals surface area (Å²) in [5.41, 5.74) is 20.3. The van der Waals surface area contributed by atoms with E-state index >= 15 is 0 Å². The Bertz CT molecular complexity index is 2670. The van der Waals surface area contributed by atoms with Crippen LogP contribution in [0.15, 0.2) is 121 Å². The van der Waals surface area contributed by atoms with E-state index < -0.39 is 133 Å². The average molecular weight is 1120 g/mol. The van der Waals surface area contributed by atoms with E-state index in [-0.39, 0.29) is 45.1 Å². The first-order chi connectivity index (χ1) is 38.9. The fourth-order valence-electron chi connectivity index (χ4n) is 8.64. The number of carboxylic acid groups (broad SMARTS) is 3. The highest BCUT2D eigenvalue weighted by Gasteiger charge is 2.35. The first-order valence-corrected chi connectivity index (χ1v) is 27.0. The smallest absolute Gasteiger partial charge is 0.326 e. The summed E-state index contributed by atoms with van der Waals surface area (Å²) in [6.45, 7) is 0.525. The molecule has 4 aromatic carbocycles. The molecule has 0 spiro atoms. The Hall–Kier alpha value is -8.54. The molecule has 81 heavy (non-hydrogen) atoms. The van der Waals surface area contributed by atoms with Gasteiger partial charge in [-0.2, -0.15) is 0 Å². The van der Waals surface area contributed by atoms with E-state index in [1.165, 1.54) is 0 Å². The highest BCUT2D eigenvalue weighted by molar-refractivity contribution is 5.98. The third-order valence-corrected chi connectivity index (χ3v) is 13.1. The minimum Gasteiger partial charge on any atom is -0.481 e. The number of hydrogen-bond acceptors (Lipinski definition) is 13. The summed E-state index contributed by atoms with van der Waals surface area (Å²) < 4.78 is 0. The van der Waals surface area contributed by atoms with Crippen molar-refractivity contribution in [2.24, 2.45) is 17.2 Å². The lowest BCUT2D eigenvalue weighted by Gasteiger charge is -2.28. The van der Waals surface area contributed by atoms with Crippen molar-refractivity contribution in [3.63, 3.8) is 0 Å². The van der Waals surface area contributed by atoms with Crippen LogP contribution >= 0.6 is 0 Å². The molecule has 0 saturated carbocycles. The highest BCUT2D eigenvalue weighted by atomic mass is 16.4. The van der Waals surface area contributed by atoms with Gasteiger partial charge in [-0.1, -0.05) is 121 Å². The van der Waals surface area contributed by atoms with E-state index in [1.807, 2.05) is 18.2 Å². The molecule has 23 heteroatoms. The fraction of sp³-hybridized carbons (Fsp3) is 0.414. The van der Waals surface area contributed by atoms with Gasteiger partial charge < -0.3 is 69.7 Å². The van der Waals surface area contributed by atoms with Gasteiger partial charge in [-0.05, 0) is 93.1 Å². The van der Waals surface area contributed by atoms with Gasteiger partial charge in [-0.3, -0.25) is 43.2 Å². The van der Waals surface area contributed by atoms with E-state index in [9.17, 15) is 63.3 Å². The number of hydrogen-bond donors (Lipinski definition) is 13. The molecular formula is C58H76N10O13. The van der Waals surface area contributed by atoms with Gasteiger partial charge in [-0.25, -0.2) is 4.79 Å². The summed E-state index contributed by atoms with van der Waals surface area (Å²) in [6.07, 6.45) is -0.669. The largest absolute Gasteiger partial charge is 0.481 e. The molecular weight excluding hydrogens is 1040 g/mol. The van der Waals surface area contributed by atoms with Crippen molar-refractivity contribution in [1.29, 1.82) is 0 Å². The average Bonchev–Trinajstić information content (AvgIpc) is 3.44. The van der Waals surface area contributed by atoms with Gasteiger partial charge >= 0.3 is 17.9 Å². The minimum absolute atomic E-state index is 0.0271. The molecule has 0 saturated heterocycles. The molecule has 0 fully saturated rings. The maximum absolute atomic E-state index is 14.6. The van der Waals surface area contributed by atoms with Crippen molar-refractivity contribution in [2.75, 3.05) is 13.1 Å². The number of amides is 7. The molecule has 0 bridgehead atoms. The van der Waals surface area contributed by atoms with Crippen LogP contribution in [0.3, 0.4) is 0 Å². The number of carboxylic acids is 3. The molecule has 4 rings (SSSR count). The van der Waals surface area contributed by atoms with E-state index in [0.29, 0.717) is 48.9 Å². The second-order valence-corrected chi connectivity index (χ2v) is 19.6. The quantitative estimate of drug-likeness (QED) is 0.0277. The lowest BCUT2D eigenvalue weighted by atomic mass is 10.0. The van der Waals surface area contributed by atoms with Crippen molar-refractivity contribution in [2.45, 2.75) is 138 Å². The number of carbonyl (C=O) groups excluding carboxylic acids is 7. The van der Waals surface area contributed by atoms with Gasteiger partial charge in [0.15, 0.2) is 0 Å². The van der Waals surface area contributed by atoms with E-state index in [0.717, 1.165) is 5.56 Å². The third kappa shape index (κ3) is 24.2. The van der Waals surface area contributed by atoms with Crippen molar-refractivity contribution in [3.05, 3.63) is 144 Å². The van der Waals surface area contributed by atoms with Crippen LogP contribution in [-0.4, -0.2) is 136 Å². The number of unbranched alkanes of at least 4 members (excludes halogenated alkanes) is 2. The number of nitrogens with two attached hydrogens (primary N) is 3. The summed E-state index contributed by atoms with van der Waals surface area (Å²) in [4.78, 5) is 135. The van der Waals surface area contributed by atoms with E-state index in [2.05, 4.69) is 37.2 Å². The summed E-state index contributed by atoms with van der Waals surface area (Å²) >= 11 is 0. The van der Waals surface area contributed by atoms with Gasteiger partial charge in [0.1, 0.15) is 42.3 Å². The lowest BCUT2D eigenvalue weighted by Crippen LogP contribution is -2.60. The molecule has 0 unspecified atom stereocenters. The van der Waals surface area contributed by atoms with Crippen LogP contribution in [0, 0.1) is 0 Å². The minimum atomic E-state index is -1.63. The Morgan fingerprint density at radius 2 is 0.593 bits per heavy atom. The molecule has 0 aliphatic rings.